The fourth-order valence-electron chi connectivity index (χ4n) is 2.54. The average Bonchev–Trinajstić information content (AvgIpc) is 2.46. The van der Waals surface area contributed by atoms with Gasteiger partial charge in [-0.1, -0.05) is 19.8 Å². The molecule has 0 saturated carbocycles. The first-order chi connectivity index (χ1) is 10.6. The van der Waals surface area contributed by atoms with Crippen LogP contribution in [0.4, 0.5) is 0 Å². The van der Waals surface area contributed by atoms with Crippen LogP contribution in [0.2, 0.25) is 0 Å². The first-order valence-electron chi connectivity index (χ1n) is 8.46. The summed E-state index contributed by atoms with van der Waals surface area (Å²) in [7, 11) is 0. The third kappa shape index (κ3) is 8.84. The number of unbranched alkanes of at least 4 members (excludes halogenated alkanes) is 2. The Morgan fingerprint density at radius 1 is 1.23 bits per heavy atom. The van der Waals surface area contributed by atoms with Gasteiger partial charge in [0.2, 0.25) is 0 Å². The molecule has 22 heavy (non-hydrogen) atoms. The number of Topliss-reactive ketones (excluding diaryl/α,β-unsaturated/α-hetero) is 1. The molecule has 0 aromatic heterocycles. The van der Waals surface area contributed by atoms with E-state index in [4.69, 9.17) is 4.74 Å². The van der Waals surface area contributed by atoms with Crippen molar-refractivity contribution in [2.45, 2.75) is 89.8 Å². The number of ketones is 1. The van der Waals surface area contributed by atoms with Gasteiger partial charge in [-0.3, -0.25) is 9.59 Å². The van der Waals surface area contributed by atoms with Crippen molar-refractivity contribution in [2.24, 2.45) is 0 Å². The molecule has 2 atom stereocenters. The minimum atomic E-state index is -0.685. The zero-order chi connectivity index (χ0) is 16.2. The van der Waals surface area contributed by atoms with E-state index in [2.05, 4.69) is 18.8 Å². The maximum Gasteiger partial charge on any atom is 0.307 e. The highest BCUT2D eigenvalue weighted by molar-refractivity contribution is 5.78. The maximum absolute atomic E-state index is 11.8. The van der Waals surface area contributed by atoms with Crippen LogP contribution < -0.4 is 0 Å². The fraction of sp³-hybridized carbons (Fsp3) is 0.778. The van der Waals surface area contributed by atoms with E-state index in [9.17, 15) is 14.7 Å². The van der Waals surface area contributed by atoms with E-state index in [0.29, 0.717) is 32.1 Å². The molecule has 0 bridgehead atoms. The number of aliphatic hydroxyl groups excluding tert-OH is 1. The SMILES string of the molecule is CCCCCC1CCCC(=O)CC(O)CC#CCCC(=O)O1. The Morgan fingerprint density at radius 3 is 2.82 bits per heavy atom. The van der Waals surface area contributed by atoms with Crippen molar-refractivity contribution in [3.8, 4) is 11.8 Å². The van der Waals surface area contributed by atoms with Crippen LogP contribution in [0.3, 0.4) is 0 Å². The van der Waals surface area contributed by atoms with Gasteiger partial charge in [0.1, 0.15) is 11.9 Å². The first-order valence-corrected chi connectivity index (χ1v) is 8.46. The monoisotopic (exact) mass is 308 g/mol. The number of rotatable bonds is 4. The Bertz CT molecular complexity index is 405. The normalized spacial score (nSPS) is 24.8. The summed E-state index contributed by atoms with van der Waals surface area (Å²) in [5.41, 5.74) is 0. The lowest BCUT2D eigenvalue weighted by Gasteiger charge is -2.18. The summed E-state index contributed by atoms with van der Waals surface area (Å²) >= 11 is 0. The molecule has 4 nitrogen and oxygen atoms in total. The van der Waals surface area contributed by atoms with Crippen molar-refractivity contribution in [3.05, 3.63) is 0 Å². The Labute approximate surface area is 133 Å². The summed E-state index contributed by atoms with van der Waals surface area (Å²) in [6.45, 7) is 2.14. The number of hydrogen-bond acceptors (Lipinski definition) is 4. The van der Waals surface area contributed by atoms with Crippen LogP contribution in [0.5, 0.6) is 0 Å². The van der Waals surface area contributed by atoms with Crippen molar-refractivity contribution in [3.63, 3.8) is 0 Å². The summed E-state index contributed by atoms with van der Waals surface area (Å²) < 4.78 is 5.53. The number of ether oxygens (including phenoxy) is 1. The molecule has 0 aliphatic carbocycles. The van der Waals surface area contributed by atoms with Crippen molar-refractivity contribution < 1.29 is 19.4 Å². The third-order valence-corrected chi connectivity index (χ3v) is 3.79. The van der Waals surface area contributed by atoms with Gasteiger partial charge in [-0.25, -0.2) is 0 Å². The quantitative estimate of drug-likeness (QED) is 0.492. The smallest absolute Gasteiger partial charge is 0.307 e. The fourth-order valence-corrected chi connectivity index (χ4v) is 2.54. The zero-order valence-corrected chi connectivity index (χ0v) is 13.6. The minimum absolute atomic E-state index is 0.0602. The van der Waals surface area contributed by atoms with Crippen LogP contribution in [0.25, 0.3) is 0 Å². The van der Waals surface area contributed by atoms with Crippen LogP contribution >= 0.6 is 0 Å². The molecule has 124 valence electrons. The van der Waals surface area contributed by atoms with Gasteiger partial charge in [0.05, 0.1) is 12.5 Å². The predicted molar refractivity (Wildman–Crippen MR) is 85.1 cm³/mol. The molecule has 0 aromatic carbocycles. The molecule has 0 fully saturated rings. The summed E-state index contributed by atoms with van der Waals surface area (Å²) in [5, 5.41) is 9.72. The maximum atomic E-state index is 11.8. The lowest BCUT2D eigenvalue weighted by atomic mass is 10.0. The van der Waals surface area contributed by atoms with E-state index in [0.717, 1.165) is 32.1 Å². The molecule has 2 unspecified atom stereocenters. The summed E-state index contributed by atoms with van der Waals surface area (Å²) in [6, 6.07) is 0. The second-order valence-electron chi connectivity index (χ2n) is 5.95. The van der Waals surface area contributed by atoms with Crippen LogP contribution in [-0.4, -0.2) is 29.1 Å². The molecule has 1 heterocycles. The molecule has 0 spiro atoms. The summed E-state index contributed by atoms with van der Waals surface area (Å²) in [4.78, 5) is 23.6. The second-order valence-corrected chi connectivity index (χ2v) is 5.95. The molecule has 1 aliphatic rings. The van der Waals surface area contributed by atoms with Crippen molar-refractivity contribution in [1.82, 2.24) is 0 Å². The first kappa shape index (κ1) is 18.7. The van der Waals surface area contributed by atoms with Gasteiger partial charge in [-0.05, 0) is 25.7 Å². The number of aliphatic hydroxyl groups is 1. The molecule has 4 heteroatoms. The van der Waals surface area contributed by atoms with Gasteiger partial charge in [0.15, 0.2) is 0 Å². The third-order valence-electron chi connectivity index (χ3n) is 3.79. The Hall–Kier alpha value is -1.34. The second kappa shape index (κ2) is 11.3. The average molecular weight is 308 g/mol. The van der Waals surface area contributed by atoms with Crippen LogP contribution in [0.15, 0.2) is 0 Å². The van der Waals surface area contributed by atoms with Crippen molar-refractivity contribution >= 4 is 11.8 Å². The lowest BCUT2D eigenvalue weighted by Crippen LogP contribution is -2.19. The van der Waals surface area contributed by atoms with Gasteiger partial charge in [-0.2, -0.15) is 0 Å². The molecular weight excluding hydrogens is 280 g/mol. The van der Waals surface area contributed by atoms with E-state index >= 15 is 0 Å². The van der Waals surface area contributed by atoms with Gasteiger partial charge in [0.25, 0.3) is 0 Å². The van der Waals surface area contributed by atoms with Crippen molar-refractivity contribution in [2.75, 3.05) is 0 Å². The highest BCUT2D eigenvalue weighted by atomic mass is 16.5. The molecule has 0 radical (unpaired) electrons. The molecule has 1 N–H and O–H groups in total. The van der Waals surface area contributed by atoms with Crippen LogP contribution in [0.1, 0.15) is 77.6 Å². The number of carbonyl (C=O) groups is 2. The van der Waals surface area contributed by atoms with E-state index < -0.39 is 6.10 Å². The lowest BCUT2D eigenvalue weighted by molar-refractivity contribution is -0.149. The highest BCUT2D eigenvalue weighted by Crippen LogP contribution is 2.16. The van der Waals surface area contributed by atoms with Crippen molar-refractivity contribution in [1.29, 1.82) is 0 Å². The topological polar surface area (TPSA) is 63.6 Å². The van der Waals surface area contributed by atoms with E-state index in [1.54, 1.807) is 0 Å². The largest absolute Gasteiger partial charge is 0.462 e. The molecule has 1 aliphatic heterocycles. The number of hydrogen-bond donors (Lipinski definition) is 1. The Kier molecular flexibility index (Phi) is 9.57. The Balaban J connectivity index is 2.56. The molecule has 0 saturated heterocycles. The van der Waals surface area contributed by atoms with Gasteiger partial charge in [-0.15, -0.1) is 11.8 Å². The van der Waals surface area contributed by atoms with Gasteiger partial charge < -0.3 is 9.84 Å². The van der Waals surface area contributed by atoms with E-state index in [1.165, 1.54) is 0 Å². The predicted octanol–water partition coefficient (Wildman–Crippen LogP) is 3.16. The highest BCUT2D eigenvalue weighted by Gasteiger charge is 2.16. The Morgan fingerprint density at radius 2 is 2.05 bits per heavy atom. The summed E-state index contributed by atoms with van der Waals surface area (Å²) in [5.74, 6) is 5.53. The van der Waals surface area contributed by atoms with Crippen LogP contribution in [0, 0.1) is 11.8 Å². The standard InChI is InChI=1S/C18H28O4/c1-2-3-5-11-17-12-8-10-16(20)14-15(19)9-6-4-7-13-18(21)22-17/h15,17,19H,2-3,5,7-14H2,1H3. The minimum Gasteiger partial charge on any atom is -0.462 e. The van der Waals surface area contributed by atoms with Gasteiger partial charge >= 0.3 is 5.97 Å². The number of esters is 1. The van der Waals surface area contributed by atoms with Gasteiger partial charge in [0, 0.05) is 25.7 Å². The molecule has 0 aromatic rings. The molecule has 1 rings (SSSR count). The van der Waals surface area contributed by atoms with E-state index in [-0.39, 0.29) is 24.3 Å². The number of carbonyl (C=O) groups excluding carboxylic acids is 2. The summed E-state index contributed by atoms with van der Waals surface area (Å²) in [6.07, 6.45) is 6.47. The van der Waals surface area contributed by atoms with Crippen LogP contribution in [-0.2, 0) is 14.3 Å². The zero-order valence-electron chi connectivity index (χ0n) is 13.6. The van der Waals surface area contributed by atoms with E-state index in [1.807, 2.05) is 0 Å². The molecule has 0 amide bonds. The molecular formula is C18H28O4. The number of cyclic esters (lactones) is 1.